The third-order valence-corrected chi connectivity index (χ3v) is 5.41. The van der Waals surface area contributed by atoms with Crippen molar-refractivity contribution in [3.05, 3.63) is 16.1 Å². The van der Waals surface area contributed by atoms with Crippen LogP contribution in [0.25, 0.3) is 0 Å². The Bertz CT molecular complexity index is 361. The van der Waals surface area contributed by atoms with Crippen LogP contribution in [0.5, 0.6) is 0 Å². The summed E-state index contributed by atoms with van der Waals surface area (Å²) in [6, 6.07) is 0. The Morgan fingerprint density at radius 1 is 1.47 bits per heavy atom. The van der Waals surface area contributed by atoms with Crippen molar-refractivity contribution in [3.8, 4) is 0 Å². The van der Waals surface area contributed by atoms with E-state index in [1.807, 2.05) is 0 Å². The normalized spacial score (nSPS) is 29.8. The lowest BCUT2D eigenvalue weighted by Crippen LogP contribution is -2.29. The van der Waals surface area contributed by atoms with Gasteiger partial charge in [-0.3, -0.25) is 0 Å². The van der Waals surface area contributed by atoms with Gasteiger partial charge in [0.25, 0.3) is 0 Å². The summed E-state index contributed by atoms with van der Waals surface area (Å²) in [6.45, 7) is 6.75. The Hall–Kier alpha value is -0.0800. The third-order valence-electron chi connectivity index (χ3n) is 4.01. The molecule has 1 saturated carbocycles. The number of nitrogens with zero attached hydrogens (tertiary/aromatic N) is 1. The minimum Gasteiger partial charge on any atom is -0.247 e. The average Bonchev–Trinajstić information content (AvgIpc) is 2.67. The quantitative estimate of drug-likeness (QED) is 0.728. The number of hydrogen-bond acceptors (Lipinski definition) is 2. The van der Waals surface area contributed by atoms with Crippen molar-refractivity contribution in [3.63, 3.8) is 0 Å². The Morgan fingerprint density at radius 3 is 2.82 bits per heavy atom. The monoisotopic (exact) mass is 271 g/mol. The molecule has 17 heavy (non-hydrogen) atoms. The van der Waals surface area contributed by atoms with Gasteiger partial charge in [-0.1, -0.05) is 13.8 Å². The van der Waals surface area contributed by atoms with Gasteiger partial charge in [-0.25, -0.2) is 4.98 Å². The number of rotatable bonds is 3. The zero-order valence-electron chi connectivity index (χ0n) is 10.9. The summed E-state index contributed by atoms with van der Waals surface area (Å²) in [4.78, 5) is 4.57. The van der Waals surface area contributed by atoms with Crippen molar-refractivity contribution in [1.82, 2.24) is 4.98 Å². The number of aromatic nitrogens is 1. The maximum atomic E-state index is 6.48. The molecule has 0 bridgehead atoms. The molecule has 1 nitrogen and oxygen atoms in total. The first-order valence-electron chi connectivity index (χ1n) is 6.61. The fourth-order valence-corrected chi connectivity index (χ4v) is 3.79. The van der Waals surface area contributed by atoms with E-state index >= 15 is 0 Å². The van der Waals surface area contributed by atoms with Crippen molar-refractivity contribution >= 4 is 22.9 Å². The van der Waals surface area contributed by atoms with Crippen LogP contribution in [-0.4, -0.2) is 10.4 Å². The van der Waals surface area contributed by atoms with E-state index in [4.69, 9.17) is 11.6 Å². The summed E-state index contributed by atoms with van der Waals surface area (Å²) in [5, 5.41) is 3.71. The van der Waals surface area contributed by atoms with Crippen LogP contribution in [0.3, 0.4) is 0 Å². The number of hydrogen-bond donors (Lipinski definition) is 0. The Balaban J connectivity index is 1.98. The molecule has 1 fully saturated rings. The van der Waals surface area contributed by atoms with Gasteiger partial charge in [-0.15, -0.1) is 22.9 Å². The van der Waals surface area contributed by atoms with Crippen molar-refractivity contribution in [1.29, 1.82) is 0 Å². The maximum Gasteiger partial charge on any atom is 0.0897 e. The minimum atomic E-state index is 0.354. The lowest BCUT2D eigenvalue weighted by Gasteiger charge is -2.34. The molecule has 1 aromatic heterocycles. The van der Waals surface area contributed by atoms with E-state index < -0.39 is 0 Å². The molecule has 1 aliphatic rings. The molecule has 3 unspecified atom stereocenters. The number of thiazole rings is 1. The van der Waals surface area contributed by atoms with Gasteiger partial charge in [0, 0.05) is 10.8 Å². The van der Waals surface area contributed by atoms with Crippen LogP contribution in [0.2, 0.25) is 0 Å². The summed E-state index contributed by atoms with van der Waals surface area (Å²) in [7, 11) is 0. The third kappa shape index (κ3) is 3.45. The van der Waals surface area contributed by atoms with Crippen LogP contribution >= 0.6 is 22.9 Å². The molecule has 96 valence electrons. The topological polar surface area (TPSA) is 12.9 Å². The highest BCUT2D eigenvalue weighted by molar-refractivity contribution is 7.09. The van der Waals surface area contributed by atoms with Crippen molar-refractivity contribution in [2.24, 2.45) is 17.8 Å². The molecule has 0 amide bonds. The van der Waals surface area contributed by atoms with Crippen molar-refractivity contribution < 1.29 is 0 Å². The van der Waals surface area contributed by atoms with Crippen LogP contribution < -0.4 is 0 Å². The van der Waals surface area contributed by atoms with Crippen LogP contribution in [0.1, 0.15) is 43.8 Å². The lowest BCUT2D eigenvalue weighted by molar-refractivity contribution is 0.217. The van der Waals surface area contributed by atoms with Crippen LogP contribution in [0.15, 0.2) is 5.38 Å². The van der Waals surface area contributed by atoms with E-state index in [1.165, 1.54) is 30.0 Å². The molecule has 0 aromatic carbocycles. The summed E-state index contributed by atoms with van der Waals surface area (Å²) < 4.78 is 0. The van der Waals surface area contributed by atoms with Gasteiger partial charge in [-0.05, 0) is 50.4 Å². The van der Waals surface area contributed by atoms with E-state index in [9.17, 15) is 0 Å². The van der Waals surface area contributed by atoms with Gasteiger partial charge in [0.15, 0.2) is 0 Å². The van der Waals surface area contributed by atoms with Gasteiger partial charge < -0.3 is 0 Å². The van der Waals surface area contributed by atoms with Gasteiger partial charge >= 0.3 is 0 Å². The predicted octanol–water partition coefficient (Wildman–Crippen LogP) is 4.67. The Labute approximate surface area is 114 Å². The van der Waals surface area contributed by atoms with E-state index in [2.05, 4.69) is 31.1 Å². The highest BCUT2D eigenvalue weighted by Crippen LogP contribution is 2.38. The molecule has 0 saturated heterocycles. The SMILES string of the molecule is Cc1nc(CC2CC(C(C)C)CCC2Cl)cs1. The molecular formula is C14H22ClNS. The molecule has 0 radical (unpaired) electrons. The average molecular weight is 272 g/mol. The number of aryl methyl sites for hydroxylation is 1. The largest absolute Gasteiger partial charge is 0.247 e. The first-order valence-corrected chi connectivity index (χ1v) is 7.93. The summed E-state index contributed by atoms with van der Waals surface area (Å²) in [5.74, 6) is 2.27. The van der Waals surface area contributed by atoms with Gasteiger partial charge in [0.1, 0.15) is 0 Å². The molecular weight excluding hydrogens is 250 g/mol. The summed E-state index contributed by atoms with van der Waals surface area (Å²) in [5.41, 5.74) is 1.24. The second kappa shape index (κ2) is 5.71. The first kappa shape index (κ1) is 13.4. The molecule has 1 aliphatic carbocycles. The fraction of sp³-hybridized carbons (Fsp3) is 0.786. The standard InChI is InChI=1S/C14H22ClNS/c1-9(2)11-4-5-14(15)12(6-11)7-13-8-17-10(3)16-13/h8-9,11-12,14H,4-7H2,1-3H3. The number of halogens is 1. The molecule has 2 rings (SSSR count). The van der Waals surface area contributed by atoms with Crippen molar-refractivity contribution in [2.75, 3.05) is 0 Å². The molecule has 3 atom stereocenters. The van der Waals surface area contributed by atoms with Crippen LogP contribution in [-0.2, 0) is 6.42 Å². The minimum absolute atomic E-state index is 0.354. The highest BCUT2D eigenvalue weighted by Gasteiger charge is 2.30. The van der Waals surface area contributed by atoms with Crippen molar-refractivity contribution in [2.45, 2.75) is 51.8 Å². The van der Waals surface area contributed by atoms with Gasteiger partial charge in [-0.2, -0.15) is 0 Å². The zero-order valence-corrected chi connectivity index (χ0v) is 12.5. The Morgan fingerprint density at radius 2 is 2.24 bits per heavy atom. The molecule has 1 heterocycles. The van der Waals surface area contributed by atoms with E-state index in [1.54, 1.807) is 11.3 Å². The Kier molecular flexibility index (Phi) is 4.48. The molecule has 0 aliphatic heterocycles. The van der Waals surface area contributed by atoms with E-state index in [0.29, 0.717) is 11.3 Å². The predicted molar refractivity (Wildman–Crippen MR) is 75.9 cm³/mol. The van der Waals surface area contributed by atoms with Crippen LogP contribution in [0.4, 0.5) is 0 Å². The maximum absolute atomic E-state index is 6.48. The first-order chi connectivity index (χ1) is 8.06. The van der Waals surface area contributed by atoms with Crippen LogP contribution in [0, 0.1) is 24.7 Å². The molecule has 3 heteroatoms. The molecule has 1 aromatic rings. The molecule has 0 spiro atoms. The smallest absolute Gasteiger partial charge is 0.0897 e. The highest BCUT2D eigenvalue weighted by atomic mass is 35.5. The van der Waals surface area contributed by atoms with Gasteiger partial charge in [0.05, 0.1) is 10.7 Å². The lowest BCUT2D eigenvalue weighted by atomic mass is 9.74. The summed E-state index contributed by atoms with van der Waals surface area (Å²) in [6.07, 6.45) is 4.83. The number of alkyl halides is 1. The van der Waals surface area contributed by atoms with Gasteiger partial charge in [0.2, 0.25) is 0 Å². The zero-order chi connectivity index (χ0) is 12.4. The van der Waals surface area contributed by atoms with E-state index in [-0.39, 0.29) is 0 Å². The second-order valence-electron chi connectivity index (χ2n) is 5.66. The second-order valence-corrected chi connectivity index (χ2v) is 7.28. The molecule has 0 N–H and O–H groups in total. The summed E-state index contributed by atoms with van der Waals surface area (Å²) >= 11 is 8.23. The fourth-order valence-electron chi connectivity index (χ4n) is 2.85. The van der Waals surface area contributed by atoms with E-state index in [0.717, 1.165) is 18.3 Å².